The van der Waals surface area contributed by atoms with E-state index in [4.69, 9.17) is 0 Å². The molecule has 1 aliphatic rings. The van der Waals surface area contributed by atoms with Crippen molar-refractivity contribution >= 4 is 32.4 Å². The molecule has 1 saturated heterocycles. The van der Waals surface area contributed by atoms with Gasteiger partial charge in [-0.1, -0.05) is 29.3 Å². The van der Waals surface area contributed by atoms with Crippen LogP contribution < -0.4 is 4.90 Å². The fourth-order valence-electron chi connectivity index (χ4n) is 2.48. The summed E-state index contributed by atoms with van der Waals surface area (Å²) in [6, 6.07) is 0. The van der Waals surface area contributed by atoms with Crippen LogP contribution in [0.25, 0.3) is 0 Å². The van der Waals surface area contributed by atoms with E-state index in [-0.39, 0.29) is 0 Å². The first-order valence-corrected chi connectivity index (χ1v) is 8.76. The molecule has 0 aliphatic carbocycles. The fraction of sp³-hybridized carbons (Fsp3) is 0.769. The topological polar surface area (TPSA) is 19.4 Å². The van der Waals surface area contributed by atoms with E-state index in [0.717, 1.165) is 24.3 Å². The molecule has 2 rings (SSSR count). The maximum atomic E-state index is 4.39. The van der Waals surface area contributed by atoms with Crippen LogP contribution in [0.4, 0.5) is 5.13 Å². The van der Waals surface area contributed by atoms with Crippen LogP contribution in [0.15, 0.2) is 11.6 Å². The summed E-state index contributed by atoms with van der Waals surface area (Å²) in [5.74, 6) is 0.807. The number of aromatic nitrogens is 1. The van der Waals surface area contributed by atoms with E-state index in [1.165, 1.54) is 37.6 Å². The van der Waals surface area contributed by atoms with Crippen LogP contribution in [0.5, 0.6) is 0 Å². The van der Waals surface area contributed by atoms with Gasteiger partial charge in [0.25, 0.3) is 0 Å². The zero-order valence-corrected chi connectivity index (χ0v) is 13.4. The Kier molecular flexibility index (Phi) is 5.92. The maximum absolute atomic E-state index is 4.39. The van der Waals surface area contributed by atoms with Gasteiger partial charge in [0.1, 0.15) is 0 Å². The Morgan fingerprint density at radius 3 is 2.72 bits per heavy atom. The van der Waals surface area contributed by atoms with Crippen molar-refractivity contribution in [3.05, 3.63) is 11.6 Å². The molecule has 2 heterocycles. The number of thiazole rings is 1. The Morgan fingerprint density at radius 2 is 2.17 bits per heavy atom. The molecule has 0 spiro atoms. The van der Waals surface area contributed by atoms with E-state index >= 15 is 0 Å². The zero-order chi connectivity index (χ0) is 12.8. The first kappa shape index (κ1) is 14.3. The third-order valence-corrected chi connectivity index (χ3v) is 5.24. The summed E-state index contributed by atoms with van der Waals surface area (Å²) in [6.07, 6.45) is 4.52. The molecule has 1 aromatic heterocycles. The number of rotatable bonds is 6. The minimum Gasteiger partial charge on any atom is -0.346 e. The van der Waals surface area contributed by atoms with Crippen molar-refractivity contribution in [2.24, 2.45) is 5.92 Å². The summed E-state index contributed by atoms with van der Waals surface area (Å²) in [4.78, 5) is 9.40. The van der Waals surface area contributed by atoms with Crippen molar-refractivity contribution < 1.29 is 0 Å². The summed E-state index contributed by atoms with van der Waals surface area (Å²) < 4.78 is 0. The molecule has 1 unspecified atom stereocenters. The van der Waals surface area contributed by atoms with Gasteiger partial charge in [-0.15, -0.1) is 11.3 Å². The van der Waals surface area contributed by atoms with Crippen molar-refractivity contribution in [2.75, 3.05) is 43.0 Å². The second-order valence-electron chi connectivity index (χ2n) is 4.91. The first-order chi connectivity index (χ1) is 8.83. The molecule has 1 aliphatic heterocycles. The predicted molar refractivity (Wildman–Crippen MR) is 83.0 cm³/mol. The lowest BCUT2D eigenvalue weighted by Crippen LogP contribution is -2.48. The summed E-state index contributed by atoms with van der Waals surface area (Å²) in [5.41, 5.74) is 0. The van der Waals surface area contributed by atoms with Gasteiger partial charge >= 0.3 is 0 Å². The highest BCUT2D eigenvalue weighted by molar-refractivity contribution is 9.09. The van der Waals surface area contributed by atoms with Gasteiger partial charge in [0, 0.05) is 49.6 Å². The van der Waals surface area contributed by atoms with Gasteiger partial charge in [0.15, 0.2) is 5.13 Å². The average Bonchev–Trinajstić information content (AvgIpc) is 2.93. The molecule has 0 amide bonds. The standard InChI is InChI=1S/C13H22BrN3S/c1-2-3-12(10-14)11-16-5-7-17(8-6-16)13-15-4-9-18-13/h4,9,12H,2-3,5-8,10-11H2,1H3. The van der Waals surface area contributed by atoms with Crippen molar-refractivity contribution in [1.29, 1.82) is 0 Å². The molecule has 0 saturated carbocycles. The quantitative estimate of drug-likeness (QED) is 0.747. The van der Waals surface area contributed by atoms with E-state index in [0.29, 0.717) is 0 Å². The lowest BCUT2D eigenvalue weighted by molar-refractivity contribution is 0.222. The number of halogens is 1. The van der Waals surface area contributed by atoms with Crippen molar-refractivity contribution in [1.82, 2.24) is 9.88 Å². The predicted octanol–water partition coefficient (Wildman–Crippen LogP) is 3.08. The highest BCUT2D eigenvalue weighted by Crippen LogP contribution is 2.20. The fourth-order valence-corrected chi connectivity index (χ4v) is 3.71. The Hall–Kier alpha value is -0.130. The number of anilines is 1. The van der Waals surface area contributed by atoms with Gasteiger partial charge in [0.05, 0.1) is 0 Å². The molecule has 0 bridgehead atoms. The molecule has 1 fully saturated rings. The number of alkyl halides is 1. The highest BCUT2D eigenvalue weighted by atomic mass is 79.9. The van der Waals surface area contributed by atoms with Crippen LogP contribution in [-0.4, -0.2) is 47.9 Å². The van der Waals surface area contributed by atoms with Crippen LogP contribution in [0, 0.1) is 5.92 Å². The lowest BCUT2D eigenvalue weighted by Gasteiger charge is -2.36. The Bertz CT molecular complexity index is 323. The molecule has 5 heteroatoms. The van der Waals surface area contributed by atoms with Gasteiger partial charge in [-0.05, 0) is 12.3 Å². The maximum Gasteiger partial charge on any atom is 0.185 e. The Labute approximate surface area is 122 Å². The second kappa shape index (κ2) is 7.46. The molecular weight excluding hydrogens is 310 g/mol. The normalized spacial score (nSPS) is 19.1. The summed E-state index contributed by atoms with van der Waals surface area (Å²) in [5, 5.41) is 4.37. The molecule has 1 aromatic rings. The van der Waals surface area contributed by atoms with Gasteiger partial charge in [0.2, 0.25) is 0 Å². The van der Waals surface area contributed by atoms with E-state index < -0.39 is 0 Å². The monoisotopic (exact) mass is 331 g/mol. The first-order valence-electron chi connectivity index (χ1n) is 6.76. The van der Waals surface area contributed by atoms with Gasteiger partial charge in [-0.25, -0.2) is 4.98 Å². The number of piperazine rings is 1. The van der Waals surface area contributed by atoms with Gasteiger partial charge in [-0.2, -0.15) is 0 Å². The number of hydrogen-bond donors (Lipinski definition) is 0. The Morgan fingerprint density at radius 1 is 1.39 bits per heavy atom. The number of hydrogen-bond acceptors (Lipinski definition) is 4. The molecule has 102 valence electrons. The zero-order valence-electron chi connectivity index (χ0n) is 11.0. The molecule has 0 aromatic carbocycles. The van der Waals surface area contributed by atoms with Crippen molar-refractivity contribution in [3.8, 4) is 0 Å². The van der Waals surface area contributed by atoms with Crippen LogP contribution in [0.3, 0.4) is 0 Å². The van der Waals surface area contributed by atoms with Crippen LogP contribution >= 0.6 is 27.3 Å². The summed E-state index contributed by atoms with van der Waals surface area (Å²) in [6.45, 7) is 8.10. The Balaban J connectivity index is 1.76. The molecular formula is C13H22BrN3S. The largest absolute Gasteiger partial charge is 0.346 e. The third-order valence-electron chi connectivity index (χ3n) is 3.49. The lowest BCUT2D eigenvalue weighted by atomic mass is 10.1. The van der Waals surface area contributed by atoms with Crippen LogP contribution in [0.2, 0.25) is 0 Å². The molecule has 0 radical (unpaired) electrons. The highest BCUT2D eigenvalue weighted by Gasteiger charge is 2.20. The number of nitrogens with zero attached hydrogens (tertiary/aromatic N) is 3. The molecule has 1 atom stereocenters. The van der Waals surface area contributed by atoms with E-state index in [1.54, 1.807) is 11.3 Å². The SMILES string of the molecule is CCCC(CBr)CN1CCN(c2nccs2)CC1. The molecule has 18 heavy (non-hydrogen) atoms. The van der Waals surface area contributed by atoms with Crippen molar-refractivity contribution in [3.63, 3.8) is 0 Å². The van der Waals surface area contributed by atoms with E-state index in [1.807, 2.05) is 6.20 Å². The minimum absolute atomic E-state index is 0.807. The molecule has 3 nitrogen and oxygen atoms in total. The van der Waals surface area contributed by atoms with Crippen molar-refractivity contribution in [2.45, 2.75) is 19.8 Å². The van der Waals surface area contributed by atoms with E-state index in [2.05, 4.69) is 43.0 Å². The average molecular weight is 332 g/mol. The van der Waals surface area contributed by atoms with Crippen LogP contribution in [0.1, 0.15) is 19.8 Å². The van der Waals surface area contributed by atoms with Gasteiger partial charge < -0.3 is 4.90 Å². The minimum atomic E-state index is 0.807. The summed E-state index contributed by atoms with van der Waals surface area (Å²) >= 11 is 5.39. The summed E-state index contributed by atoms with van der Waals surface area (Å²) in [7, 11) is 0. The third kappa shape index (κ3) is 3.93. The smallest absolute Gasteiger partial charge is 0.185 e. The van der Waals surface area contributed by atoms with E-state index in [9.17, 15) is 0 Å². The van der Waals surface area contributed by atoms with Gasteiger partial charge in [-0.3, -0.25) is 4.90 Å². The molecule has 0 N–H and O–H groups in total. The second-order valence-corrected chi connectivity index (χ2v) is 6.43. The van der Waals surface area contributed by atoms with Crippen LogP contribution in [-0.2, 0) is 0 Å².